The fraction of sp³-hybridized carbons (Fsp3) is 0.130. The molecule has 3 aromatic rings. The molecule has 3 aromatic carbocycles. The van der Waals surface area contributed by atoms with E-state index in [0.717, 1.165) is 28.2 Å². The fourth-order valence-electron chi connectivity index (χ4n) is 2.51. The van der Waals surface area contributed by atoms with Gasteiger partial charge in [0.1, 0.15) is 13.2 Å². The normalized spacial score (nSPS) is 10.8. The van der Waals surface area contributed by atoms with Gasteiger partial charge in [-0.1, -0.05) is 78.9 Å². The van der Waals surface area contributed by atoms with Crippen LogP contribution in [0.15, 0.2) is 84.9 Å². The van der Waals surface area contributed by atoms with Gasteiger partial charge in [0.25, 0.3) is 0 Å². The van der Waals surface area contributed by atoms with Crippen LogP contribution in [0.1, 0.15) is 16.7 Å². The second-order valence-electron chi connectivity index (χ2n) is 5.81. The Labute approximate surface area is 159 Å². The molecule has 0 saturated heterocycles. The molecule has 0 amide bonds. The van der Waals surface area contributed by atoms with Gasteiger partial charge in [-0.3, -0.25) is 0 Å². The van der Waals surface area contributed by atoms with E-state index in [1.807, 2.05) is 91.0 Å². The highest BCUT2D eigenvalue weighted by molar-refractivity contribution is 6.19. The van der Waals surface area contributed by atoms with Crippen LogP contribution in [0.25, 0.3) is 6.08 Å². The summed E-state index contributed by atoms with van der Waals surface area (Å²) >= 11 is 5.74. The van der Waals surface area contributed by atoms with Crippen LogP contribution < -0.4 is 9.47 Å². The van der Waals surface area contributed by atoms with Gasteiger partial charge < -0.3 is 9.47 Å². The van der Waals surface area contributed by atoms with Gasteiger partial charge >= 0.3 is 0 Å². The SMILES string of the molecule is ClC/C=C/c1ccc(OCc2ccccc2)c(OCc2ccccc2)c1. The van der Waals surface area contributed by atoms with Crippen molar-refractivity contribution in [3.63, 3.8) is 0 Å². The third kappa shape index (κ3) is 5.40. The number of ether oxygens (including phenoxy) is 2. The molecule has 0 saturated carbocycles. The van der Waals surface area contributed by atoms with Gasteiger partial charge in [0.05, 0.1) is 0 Å². The Morgan fingerprint density at radius 3 is 1.85 bits per heavy atom. The summed E-state index contributed by atoms with van der Waals surface area (Å²) in [7, 11) is 0. The summed E-state index contributed by atoms with van der Waals surface area (Å²) in [6.07, 6.45) is 3.88. The summed E-state index contributed by atoms with van der Waals surface area (Å²) < 4.78 is 12.0. The van der Waals surface area contributed by atoms with Gasteiger partial charge in [-0.25, -0.2) is 0 Å². The summed E-state index contributed by atoms with van der Waals surface area (Å²) in [5.74, 6) is 1.93. The Morgan fingerprint density at radius 1 is 0.692 bits per heavy atom. The molecule has 132 valence electrons. The molecule has 0 fully saturated rings. The summed E-state index contributed by atoms with van der Waals surface area (Å²) in [4.78, 5) is 0. The second-order valence-corrected chi connectivity index (χ2v) is 6.12. The topological polar surface area (TPSA) is 18.5 Å². The van der Waals surface area contributed by atoms with Crippen LogP contribution in [0.5, 0.6) is 11.5 Å². The van der Waals surface area contributed by atoms with Crippen molar-refractivity contribution in [2.45, 2.75) is 13.2 Å². The summed E-state index contributed by atoms with van der Waals surface area (Å²) in [5, 5.41) is 0. The molecule has 0 bridgehead atoms. The van der Waals surface area contributed by atoms with E-state index in [0.29, 0.717) is 19.1 Å². The molecule has 0 spiro atoms. The van der Waals surface area contributed by atoms with E-state index in [1.165, 1.54) is 0 Å². The Hall–Kier alpha value is -2.71. The molecule has 3 rings (SSSR count). The first kappa shape index (κ1) is 18.1. The number of allylic oxidation sites excluding steroid dienone is 1. The van der Waals surface area contributed by atoms with Crippen molar-refractivity contribution in [2.24, 2.45) is 0 Å². The van der Waals surface area contributed by atoms with E-state index in [4.69, 9.17) is 21.1 Å². The van der Waals surface area contributed by atoms with Crippen molar-refractivity contribution >= 4 is 17.7 Å². The number of hydrogen-bond acceptors (Lipinski definition) is 2. The van der Waals surface area contributed by atoms with Gasteiger partial charge in [0.15, 0.2) is 11.5 Å². The largest absolute Gasteiger partial charge is 0.485 e. The lowest BCUT2D eigenvalue weighted by Gasteiger charge is -2.14. The molecule has 0 N–H and O–H groups in total. The third-order valence-electron chi connectivity index (χ3n) is 3.84. The van der Waals surface area contributed by atoms with Crippen molar-refractivity contribution < 1.29 is 9.47 Å². The minimum Gasteiger partial charge on any atom is -0.485 e. The van der Waals surface area contributed by atoms with Gasteiger partial charge in [0, 0.05) is 5.88 Å². The molecule has 26 heavy (non-hydrogen) atoms. The smallest absolute Gasteiger partial charge is 0.162 e. The average Bonchev–Trinajstić information content (AvgIpc) is 2.71. The van der Waals surface area contributed by atoms with E-state index in [2.05, 4.69) is 0 Å². The molecule has 0 radical (unpaired) electrons. The van der Waals surface area contributed by atoms with Crippen molar-refractivity contribution in [3.05, 3.63) is 102 Å². The van der Waals surface area contributed by atoms with Crippen LogP contribution in [-0.4, -0.2) is 5.88 Å². The highest BCUT2D eigenvalue weighted by atomic mass is 35.5. The van der Waals surface area contributed by atoms with E-state index >= 15 is 0 Å². The highest BCUT2D eigenvalue weighted by Crippen LogP contribution is 2.30. The minimum atomic E-state index is 0.479. The van der Waals surface area contributed by atoms with Crippen molar-refractivity contribution in [1.29, 1.82) is 0 Å². The monoisotopic (exact) mass is 364 g/mol. The molecule has 0 heterocycles. The first-order valence-electron chi connectivity index (χ1n) is 8.55. The van der Waals surface area contributed by atoms with Gasteiger partial charge in [-0.05, 0) is 28.8 Å². The molecule has 2 nitrogen and oxygen atoms in total. The zero-order chi connectivity index (χ0) is 18.0. The molecular weight excluding hydrogens is 344 g/mol. The van der Waals surface area contributed by atoms with E-state index in [1.54, 1.807) is 0 Å². The molecule has 0 atom stereocenters. The van der Waals surface area contributed by atoms with E-state index in [-0.39, 0.29) is 0 Å². The predicted molar refractivity (Wildman–Crippen MR) is 108 cm³/mol. The first-order chi connectivity index (χ1) is 12.8. The zero-order valence-electron chi connectivity index (χ0n) is 14.5. The van der Waals surface area contributed by atoms with Crippen LogP contribution in [-0.2, 0) is 13.2 Å². The van der Waals surface area contributed by atoms with Crippen molar-refractivity contribution in [3.8, 4) is 11.5 Å². The minimum absolute atomic E-state index is 0.479. The molecule has 3 heteroatoms. The number of alkyl halides is 1. The van der Waals surface area contributed by atoms with Crippen LogP contribution in [0, 0.1) is 0 Å². The van der Waals surface area contributed by atoms with E-state index < -0.39 is 0 Å². The molecule has 0 aromatic heterocycles. The Kier molecular flexibility index (Phi) is 6.74. The number of benzene rings is 3. The van der Waals surface area contributed by atoms with Crippen molar-refractivity contribution in [1.82, 2.24) is 0 Å². The van der Waals surface area contributed by atoms with Crippen LogP contribution in [0.3, 0.4) is 0 Å². The second kappa shape index (κ2) is 9.69. The average molecular weight is 365 g/mol. The third-order valence-corrected chi connectivity index (χ3v) is 4.02. The number of halogens is 1. The maximum absolute atomic E-state index is 6.04. The summed E-state index contributed by atoms with van der Waals surface area (Å²) in [6.45, 7) is 0.991. The molecule has 0 aliphatic carbocycles. The number of rotatable bonds is 8. The van der Waals surface area contributed by atoms with Gasteiger partial charge in [-0.2, -0.15) is 0 Å². The Balaban J connectivity index is 1.76. The molecular formula is C23H21ClO2. The standard InChI is InChI=1S/C23H21ClO2/c24-15-7-12-19-13-14-22(25-17-20-8-3-1-4-9-20)23(16-19)26-18-21-10-5-2-6-11-21/h1-14,16H,15,17-18H2/b12-7+. The van der Waals surface area contributed by atoms with Gasteiger partial charge in [0.2, 0.25) is 0 Å². The zero-order valence-corrected chi connectivity index (χ0v) is 15.2. The van der Waals surface area contributed by atoms with Crippen LogP contribution in [0.2, 0.25) is 0 Å². The van der Waals surface area contributed by atoms with Crippen molar-refractivity contribution in [2.75, 3.05) is 5.88 Å². The maximum Gasteiger partial charge on any atom is 0.162 e. The lowest BCUT2D eigenvalue weighted by atomic mass is 10.2. The molecule has 0 aliphatic heterocycles. The predicted octanol–water partition coefficient (Wildman–Crippen LogP) is 6.10. The quantitative estimate of drug-likeness (QED) is 0.450. The first-order valence-corrected chi connectivity index (χ1v) is 9.08. The van der Waals surface area contributed by atoms with Crippen LogP contribution >= 0.6 is 11.6 Å². The Morgan fingerprint density at radius 2 is 1.27 bits per heavy atom. The summed E-state index contributed by atoms with van der Waals surface area (Å²) in [6, 6.07) is 26.1. The molecule has 0 unspecified atom stereocenters. The van der Waals surface area contributed by atoms with Gasteiger partial charge in [-0.15, -0.1) is 11.6 Å². The van der Waals surface area contributed by atoms with E-state index in [9.17, 15) is 0 Å². The lowest BCUT2D eigenvalue weighted by Crippen LogP contribution is -2.00. The highest BCUT2D eigenvalue weighted by Gasteiger charge is 2.07. The molecule has 0 aliphatic rings. The maximum atomic E-state index is 6.04. The Bertz CT molecular complexity index is 829. The summed E-state index contributed by atoms with van der Waals surface area (Å²) in [5.41, 5.74) is 3.26. The fourth-order valence-corrected chi connectivity index (χ4v) is 2.60. The van der Waals surface area contributed by atoms with Crippen LogP contribution in [0.4, 0.5) is 0 Å². The lowest BCUT2D eigenvalue weighted by molar-refractivity contribution is 0.256. The number of hydrogen-bond donors (Lipinski definition) is 0.